The molecule has 0 fully saturated rings. The Labute approximate surface area is 85.9 Å². The van der Waals surface area contributed by atoms with Crippen LogP contribution in [0.2, 0.25) is 0 Å². The zero-order chi connectivity index (χ0) is 11.2. The molecule has 0 saturated carbocycles. The average Bonchev–Trinajstić information content (AvgIpc) is 2.00. The predicted molar refractivity (Wildman–Crippen MR) is 59.0 cm³/mol. The average molecular weight is 198 g/mol. The molecule has 0 aliphatic carbocycles. The van der Waals surface area contributed by atoms with Crippen LogP contribution in [0.4, 0.5) is 0 Å². The molecule has 0 atom stereocenters. The first-order valence-corrected chi connectivity index (χ1v) is 4.60. The quantitative estimate of drug-likeness (QED) is 0.404. The molecule has 4 heteroatoms. The molecule has 0 aliphatic heterocycles. The summed E-state index contributed by atoms with van der Waals surface area (Å²) >= 11 is 0. The van der Waals surface area contributed by atoms with Crippen LogP contribution in [0.1, 0.15) is 13.8 Å². The van der Waals surface area contributed by atoms with E-state index in [2.05, 4.69) is 10.5 Å². The van der Waals surface area contributed by atoms with Crippen molar-refractivity contribution < 1.29 is 9.28 Å². The molecule has 0 aromatic carbocycles. The maximum absolute atomic E-state index is 11.3. The first-order chi connectivity index (χ1) is 6.35. The second-order valence-electron chi connectivity index (χ2n) is 4.27. The van der Waals surface area contributed by atoms with E-state index in [1.807, 2.05) is 41.1 Å². The van der Waals surface area contributed by atoms with Gasteiger partial charge in [0.15, 0.2) is 6.54 Å². The Bertz CT molecular complexity index is 249. The first kappa shape index (κ1) is 12.8. The zero-order valence-electron chi connectivity index (χ0n) is 9.66. The van der Waals surface area contributed by atoms with E-state index in [9.17, 15) is 4.79 Å². The summed E-state index contributed by atoms with van der Waals surface area (Å²) in [6.45, 7) is 4.27. The molecule has 14 heavy (non-hydrogen) atoms. The van der Waals surface area contributed by atoms with Crippen molar-refractivity contribution in [1.82, 2.24) is 5.43 Å². The normalized spacial score (nSPS) is 13.4. The van der Waals surface area contributed by atoms with E-state index in [-0.39, 0.29) is 5.91 Å². The van der Waals surface area contributed by atoms with Gasteiger partial charge in [-0.2, -0.15) is 5.10 Å². The molecule has 0 radical (unpaired) electrons. The van der Waals surface area contributed by atoms with Crippen molar-refractivity contribution in [2.75, 3.05) is 27.7 Å². The van der Waals surface area contributed by atoms with Crippen molar-refractivity contribution in [3.8, 4) is 0 Å². The SMILES string of the molecule is C/C=C(C)\C=N\NC(=O)C[N+](C)(C)C. The molecule has 0 heterocycles. The molecule has 1 N–H and O–H groups in total. The standard InChI is InChI=1S/C10H19N3O/c1-6-9(2)7-11-12-10(14)8-13(3,4)5/h6-7H,8H2,1-5H3/p+1/b9-6-,11-7+. The Balaban J connectivity index is 3.92. The topological polar surface area (TPSA) is 41.5 Å². The number of quaternary nitrogens is 1. The number of nitrogens with one attached hydrogen (secondary N) is 1. The monoisotopic (exact) mass is 198 g/mol. The number of likely N-dealkylation sites (N-methyl/N-ethyl adjacent to an activating group) is 1. The minimum Gasteiger partial charge on any atom is -0.323 e. The molecule has 0 aliphatic rings. The molecule has 0 bridgehead atoms. The van der Waals surface area contributed by atoms with Gasteiger partial charge in [0.2, 0.25) is 0 Å². The molecule has 0 saturated heterocycles. The lowest BCUT2D eigenvalue weighted by atomic mass is 10.3. The Morgan fingerprint density at radius 3 is 2.43 bits per heavy atom. The number of hydrazone groups is 1. The zero-order valence-corrected chi connectivity index (χ0v) is 9.66. The number of hydrogen-bond donors (Lipinski definition) is 1. The minimum atomic E-state index is -0.0716. The van der Waals surface area contributed by atoms with Gasteiger partial charge in [0, 0.05) is 6.21 Å². The van der Waals surface area contributed by atoms with Crippen molar-refractivity contribution in [2.45, 2.75) is 13.8 Å². The van der Waals surface area contributed by atoms with Gasteiger partial charge in [0.05, 0.1) is 21.1 Å². The fourth-order valence-corrected chi connectivity index (χ4v) is 0.747. The highest BCUT2D eigenvalue weighted by Crippen LogP contribution is 1.88. The van der Waals surface area contributed by atoms with Crippen molar-refractivity contribution >= 4 is 12.1 Å². The maximum Gasteiger partial charge on any atom is 0.295 e. The van der Waals surface area contributed by atoms with Crippen LogP contribution >= 0.6 is 0 Å². The van der Waals surface area contributed by atoms with Crippen LogP contribution in [0.5, 0.6) is 0 Å². The Morgan fingerprint density at radius 2 is 2.00 bits per heavy atom. The first-order valence-electron chi connectivity index (χ1n) is 4.60. The van der Waals surface area contributed by atoms with E-state index in [4.69, 9.17) is 0 Å². The lowest BCUT2D eigenvalue weighted by Crippen LogP contribution is -2.43. The summed E-state index contributed by atoms with van der Waals surface area (Å²) in [5, 5.41) is 3.82. The van der Waals surface area contributed by atoms with Crippen LogP contribution in [-0.2, 0) is 4.79 Å². The molecule has 80 valence electrons. The minimum absolute atomic E-state index is 0.0716. The summed E-state index contributed by atoms with van der Waals surface area (Å²) in [6.07, 6.45) is 3.56. The summed E-state index contributed by atoms with van der Waals surface area (Å²) in [6, 6.07) is 0. The number of amides is 1. The smallest absolute Gasteiger partial charge is 0.295 e. The predicted octanol–water partition coefficient (Wildman–Crippen LogP) is 0.761. The summed E-state index contributed by atoms with van der Waals surface area (Å²) in [5.41, 5.74) is 3.50. The van der Waals surface area contributed by atoms with Crippen molar-refractivity contribution in [3.05, 3.63) is 11.6 Å². The van der Waals surface area contributed by atoms with E-state index in [1.165, 1.54) is 0 Å². The third-order valence-electron chi connectivity index (χ3n) is 1.53. The highest BCUT2D eigenvalue weighted by atomic mass is 16.2. The van der Waals surface area contributed by atoms with Gasteiger partial charge in [0.25, 0.3) is 5.91 Å². The van der Waals surface area contributed by atoms with Gasteiger partial charge in [-0.05, 0) is 19.4 Å². The second-order valence-corrected chi connectivity index (χ2v) is 4.27. The van der Waals surface area contributed by atoms with Gasteiger partial charge in [-0.3, -0.25) is 4.79 Å². The highest BCUT2D eigenvalue weighted by Gasteiger charge is 2.12. The Hall–Kier alpha value is -1.16. The van der Waals surface area contributed by atoms with E-state index >= 15 is 0 Å². The second kappa shape index (κ2) is 5.54. The highest BCUT2D eigenvalue weighted by molar-refractivity contribution is 5.81. The van der Waals surface area contributed by atoms with Gasteiger partial charge < -0.3 is 4.48 Å². The third kappa shape index (κ3) is 7.49. The van der Waals surface area contributed by atoms with Crippen LogP contribution in [0.3, 0.4) is 0 Å². The van der Waals surface area contributed by atoms with Crippen LogP contribution in [0, 0.1) is 0 Å². The fourth-order valence-electron chi connectivity index (χ4n) is 0.747. The van der Waals surface area contributed by atoms with Gasteiger partial charge in [-0.25, -0.2) is 5.43 Å². The molecule has 0 spiro atoms. The molecule has 0 aromatic rings. The van der Waals surface area contributed by atoms with Crippen LogP contribution in [-0.4, -0.2) is 44.3 Å². The van der Waals surface area contributed by atoms with Gasteiger partial charge in [-0.1, -0.05) is 6.08 Å². The van der Waals surface area contributed by atoms with Crippen LogP contribution in [0.25, 0.3) is 0 Å². The molecule has 4 nitrogen and oxygen atoms in total. The van der Waals surface area contributed by atoms with E-state index in [0.717, 1.165) is 5.57 Å². The van der Waals surface area contributed by atoms with E-state index in [1.54, 1.807) is 6.21 Å². The number of nitrogens with zero attached hydrogens (tertiary/aromatic N) is 2. The van der Waals surface area contributed by atoms with Gasteiger partial charge >= 0.3 is 0 Å². The molecule has 1 amide bonds. The van der Waals surface area contributed by atoms with Crippen molar-refractivity contribution in [2.24, 2.45) is 5.10 Å². The van der Waals surface area contributed by atoms with Gasteiger partial charge in [-0.15, -0.1) is 0 Å². The van der Waals surface area contributed by atoms with Crippen LogP contribution in [0.15, 0.2) is 16.8 Å². The summed E-state index contributed by atoms with van der Waals surface area (Å²) < 4.78 is 0.601. The van der Waals surface area contributed by atoms with Crippen LogP contribution < -0.4 is 5.43 Å². The molecular weight excluding hydrogens is 178 g/mol. The molecule has 0 aromatic heterocycles. The van der Waals surface area contributed by atoms with E-state index in [0.29, 0.717) is 11.0 Å². The Kier molecular flexibility index (Phi) is 5.09. The molecule has 0 unspecified atom stereocenters. The lowest BCUT2D eigenvalue weighted by molar-refractivity contribution is -0.862. The lowest BCUT2D eigenvalue weighted by Gasteiger charge is -2.21. The number of rotatable bonds is 4. The number of hydrogen-bond acceptors (Lipinski definition) is 2. The van der Waals surface area contributed by atoms with Crippen molar-refractivity contribution in [1.29, 1.82) is 0 Å². The fraction of sp³-hybridized carbons (Fsp3) is 0.600. The summed E-state index contributed by atoms with van der Waals surface area (Å²) in [5.74, 6) is -0.0716. The number of allylic oxidation sites excluding steroid dienone is 2. The maximum atomic E-state index is 11.3. The number of carbonyl (C=O) groups is 1. The molecular formula is C10H20N3O+. The summed E-state index contributed by atoms with van der Waals surface area (Å²) in [4.78, 5) is 11.3. The van der Waals surface area contributed by atoms with Gasteiger partial charge in [0.1, 0.15) is 0 Å². The Morgan fingerprint density at radius 1 is 1.43 bits per heavy atom. The van der Waals surface area contributed by atoms with Crippen molar-refractivity contribution in [3.63, 3.8) is 0 Å². The molecule has 0 rings (SSSR count). The third-order valence-corrected chi connectivity index (χ3v) is 1.53. The largest absolute Gasteiger partial charge is 0.323 e. The summed E-state index contributed by atoms with van der Waals surface area (Å²) in [7, 11) is 5.88. The van der Waals surface area contributed by atoms with E-state index < -0.39 is 0 Å². The number of carbonyl (C=O) groups excluding carboxylic acids is 1.